The van der Waals surface area contributed by atoms with Crippen LogP contribution < -0.4 is 11.1 Å². The van der Waals surface area contributed by atoms with Crippen molar-refractivity contribution < 1.29 is 13.2 Å². The zero-order chi connectivity index (χ0) is 15.7. The molecular formula is C14H12F3N3S. The summed E-state index contributed by atoms with van der Waals surface area (Å²) in [5.41, 5.74) is 7.02. The van der Waals surface area contributed by atoms with Gasteiger partial charge in [-0.05, 0) is 25.5 Å². The molecule has 3 N–H and O–H groups in total. The quantitative estimate of drug-likeness (QED) is 0.673. The molecule has 0 aliphatic rings. The van der Waals surface area contributed by atoms with Crippen molar-refractivity contribution in [2.75, 3.05) is 5.32 Å². The van der Waals surface area contributed by atoms with Crippen LogP contribution in [0.1, 0.15) is 16.8 Å². The van der Waals surface area contributed by atoms with E-state index in [9.17, 15) is 13.2 Å². The number of hydrogen-bond acceptors (Lipinski definition) is 3. The molecule has 0 aliphatic heterocycles. The van der Waals surface area contributed by atoms with Gasteiger partial charge in [0.25, 0.3) is 0 Å². The van der Waals surface area contributed by atoms with E-state index in [0.29, 0.717) is 17.3 Å². The monoisotopic (exact) mass is 311 g/mol. The number of aryl methyl sites for hydroxylation is 2. The highest BCUT2D eigenvalue weighted by molar-refractivity contribution is 7.80. The van der Waals surface area contributed by atoms with Gasteiger partial charge >= 0.3 is 0 Å². The minimum absolute atomic E-state index is 0.0554. The maximum absolute atomic E-state index is 13.7. The van der Waals surface area contributed by atoms with Crippen molar-refractivity contribution in [2.45, 2.75) is 13.8 Å². The van der Waals surface area contributed by atoms with Crippen LogP contribution in [0.5, 0.6) is 0 Å². The Morgan fingerprint density at radius 3 is 2.48 bits per heavy atom. The van der Waals surface area contributed by atoms with Crippen molar-refractivity contribution >= 4 is 28.7 Å². The molecule has 3 nitrogen and oxygen atoms in total. The molecule has 0 amide bonds. The van der Waals surface area contributed by atoms with Crippen LogP contribution in [0, 0.1) is 31.3 Å². The van der Waals surface area contributed by atoms with Gasteiger partial charge in [0.05, 0.1) is 11.3 Å². The standard InChI is InChI=1S/C14H12F3N3S/c1-6-3-7(2)19-14(11(6)13(18)21)20-10-5-8(15)4-9(16)12(10)17/h3-5H,1-2H3,(H2,18,21)(H,19,20). The van der Waals surface area contributed by atoms with Crippen molar-refractivity contribution in [3.8, 4) is 0 Å². The van der Waals surface area contributed by atoms with E-state index in [0.717, 1.165) is 11.6 Å². The van der Waals surface area contributed by atoms with Crippen molar-refractivity contribution in [3.05, 3.63) is 52.5 Å². The fourth-order valence-corrected chi connectivity index (χ4v) is 2.27. The highest BCUT2D eigenvalue weighted by Gasteiger charge is 2.16. The molecule has 0 radical (unpaired) electrons. The second kappa shape index (κ2) is 5.69. The van der Waals surface area contributed by atoms with Gasteiger partial charge in [-0.25, -0.2) is 18.2 Å². The predicted octanol–water partition coefficient (Wildman–Crippen LogP) is 3.49. The summed E-state index contributed by atoms with van der Waals surface area (Å²) in [5.74, 6) is -3.24. The molecule has 1 heterocycles. The minimum Gasteiger partial charge on any atom is -0.389 e. The Bertz CT molecular complexity index is 732. The lowest BCUT2D eigenvalue weighted by atomic mass is 10.1. The second-order valence-corrected chi connectivity index (χ2v) is 4.98. The second-order valence-electron chi connectivity index (χ2n) is 4.54. The van der Waals surface area contributed by atoms with Crippen molar-refractivity contribution in [1.82, 2.24) is 4.98 Å². The van der Waals surface area contributed by atoms with Gasteiger partial charge in [-0.15, -0.1) is 0 Å². The maximum atomic E-state index is 13.7. The number of rotatable bonds is 3. The van der Waals surface area contributed by atoms with E-state index >= 15 is 0 Å². The summed E-state index contributed by atoms with van der Waals surface area (Å²) < 4.78 is 40.2. The van der Waals surface area contributed by atoms with Crippen LogP contribution in [0.2, 0.25) is 0 Å². The SMILES string of the molecule is Cc1cc(C)c(C(N)=S)c(Nc2cc(F)cc(F)c2F)n1. The summed E-state index contributed by atoms with van der Waals surface area (Å²) in [6.07, 6.45) is 0. The summed E-state index contributed by atoms with van der Waals surface area (Å²) in [4.78, 5) is 4.22. The van der Waals surface area contributed by atoms with Gasteiger partial charge < -0.3 is 11.1 Å². The highest BCUT2D eigenvalue weighted by Crippen LogP contribution is 2.26. The normalized spacial score (nSPS) is 10.5. The minimum atomic E-state index is -1.29. The third kappa shape index (κ3) is 3.13. The van der Waals surface area contributed by atoms with E-state index in [4.69, 9.17) is 18.0 Å². The number of benzene rings is 1. The van der Waals surface area contributed by atoms with Gasteiger partial charge in [0.2, 0.25) is 0 Å². The van der Waals surface area contributed by atoms with Crippen LogP contribution in [0.4, 0.5) is 24.7 Å². The van der Waals surface area contributed by atoms with E-state index in [1.54, 1.807) is 19.9 Å². The van der Waals surface area contributed by atoms with E-state index in [-0.39, 0.29) is 16.5 Å². The molecule has 0 saturated heterocycles. The summed E-state index contributed by atoms with van der Waals surface area (Å²) >= 11 is 4.94. The number of pyridine rings is 1. The van der Waals surface area contributed by atoms with E-state index in [2.05, 4.69) is 10.3 Å². The number of nitrogens with one attached hydrogen (secondary N) is 1. The fraction of sp³-hybridized carbons (Fsp3) is 0.143. The van der Waals surface area contributed by atoms with Crippen LogP contribution >= 0.6 is 12.2 Å². The largest absolute Gasteiger partial charge is 0.389 e. The van der Waals surface area contributed by atoms with Gasteiger partial charge in [0.1, 0.15) is 16.6 Å². The lowest BCUT2D eigenvalue weighted by Gasteiger charge is -2.14. The summed E-state index contributed by atoms with van der Waals surface area (Å²) in [6.45, 7) is 3.49. The zero-order valence-corrected chi connectivity index (χ0v) is 12.1. The van der Waals surface area contributed by atoms with Crippen LogP contribution in [0.15, 0.2) is 18.2 Å². The van der Waals surface area contributed by atoms with Crippen molar-refractivity contribution in [1.29, 1.82) is 0 Å². The Kier molecular flexibility index (Phi) is 4.13. The Morgan fingerprint density at radius 1 is 1.19 bits per heavy atom. The van der Waals surface area contributed by atoms with Gasteiger partial charge in [0, 0.05) is 17.8 Å². The Balaban J connectivity index is 2.57. The van der Waals surface area contributed by atoms with Crippen molar-refractivity contribution in [3.63, 3.8) is 0 Å². The smallest absolute Gasteiger partial charge is 0.182 e. The molecule has 1 aromatic carbocycles. The van der Waals surface area contributed by atoms with E-state index in [1.165, 1.54) is 0 Å². The number of anilines is 2. The Morgan fingerprint density at radius 2 is 1.86 bits per heavy atom. The number of halogens is 3. The highest BCUT2D eigenvalue weighted by atomic mass is 32.1. The molecule has 7 heteroatoms. The van der Waals surface area contributed by atoms with Crippen LogP contribution in [0.3, 0.4) is 0 Å². The number of thiocarbonyl (C=S) groups is 1. The first kappa shape index (κ1) is 15.2. The number of nitrogens with two attached hydrogens (primary N) is 1. The summed E-state index contributed by atoms with van der Waals surface area (Å²) in [5, 5.41) is 2.55. The molecule has 0 bridgehead atoms. The molecule has 0 fully saturated rings. The molecule has 0 spiro atoms. The first-order valence-corrected chi connectivity index (χ1v) is 6.40. The molecular weight excluding hydrogens is 299 g/mol. The molecule has 2 aromatic rings. The Hall–Kier alpha value is -2.15. The summed E-state index contributed by atoms with van der Waals surface area (Å²) in [6, 6.07) is 3.05. The molecule has 0 unspecified atom stereocenters. The third-order valence-electron chi connectivity index (χ3n) is 2.84. The topological polar surface area (TPSA) is 50.9 Å². The molecule has 21 heavy (non-hydrogen) atoms. The van der Waals surface area contributed by atoms with Crippen LogP contribution in [-0.2, 0) is 0 Å². The summed E-state index contributed by atoms with van der Waals surface area (Å²) in [7, 11) is 0. The van der Waals surface area contributed by atoms with Gasteiger partial charge in [-0.1, -0.05) is 12.2 Å². The molecule has 110 valence electrons. The van der Waals surface area contributed by atoms with Gasteiger partial charge in [-0.2, -0.15) is 0 Å². The lowest BCUT2D eigenvalue weighted by Crippen LogP contribution is -2.16. The van der Waals surface area contributed by atoms with Gasteiger partial charge in [0.15, 0.2) is 11.6 Å². The number of nitrogens with zero attached hydrogens (tertiary/aromatic N) is 1. The molecule has 0 aliphatic carbocycles. The average Bonchev–Trinajstić information content (AvgIpc) is 2.33. The number of aromatic nitrogens is 1. The molecule has 1 aromatic heterocycles. The van der Waals surface area contributed by atoms with Crippen molar-refractivity contribution in [2.24, 2.45) is 5.73 Å². The van der Waals surface area contributed by atoms with E-state index < -0.39 is 17.5 Å². The fourth-order valence-electron chi connectivity index (χ4n) is 2.01. The molecule has 0 atom stereocenters. The first-order chi connectivity index (χ1) is 9.79. The first-order valence-electron chi connectivity index (χ1n) is 5.99. The lowest BCUT2D eigenvalue weighted by molar-refractivity contribution is 0.498. The zero-order valence-electron chi connectivity index (χ0n) is 11.3. The Labute approximate surface area is 125 Å². The third-order valence-corrected chi connectivity index (χ3v) is 3.04. The van der Waals surface area contributed by atoms with E-state index in [1.807, 2.05) is 0 Å². The maximum Gasteiger partial charge on any atom is 0.182 e. The number of hydrogen-bond donors (Lipinski definition) is 2. The van der Waals surface area contributed by atoms with Gasteiger partial charge in [-0.3, -0.25) is 0 Å². The molecule has 0 saturated carbocycles. The van der Waals surface area contributed by atoms with Crippen LogP contribution in [-0.4, -0.2) is 9.97 Å². The average molecular weight is 311 g/mol. The van der Waals surface area contributed by atoms with Crippen LogP contribution in [0.25, 0.3) is 0 Å². The molecule has 2 rings (SSSR count). The predicted molar refractivity (Wildman–Crippen MR) is 79.2 cm³/mol.